The first-order valence-electron chi connectivity index (χ1n) is 9.25. The molecule has 2 aromatic carbocycles. The zero-order valence-corrected chi connectivity index (χ0v) is 15.5. The predicted molar refractivity (Wildman–Crippen MR) is 103 cm³/mol. The third-order valence-electron chi connectivity index (χ3n) is 5.18. The van der Waals surface area contributed by atoms with Gasteiger partial charge in [-0.2, -0.15) is 4.57 Å². The van der Waals surface area contributed by atoms with Crippen LogP contribution in [0.2, 0.25) is 5.02 Å². The van der Waals surface area contributed by atoms with E-state index in [0.717, 1.165) is 24.4 Å². The molecule has 4 rings (SSSR count). The van der Waals surface area contributed by atoms with Crippen molar-refractivity contribution in [1.82, 2.24) is 4.57 Å². The highest BCUT2D eigenvalue weighted by Gasteiger charge is 2.26. The second-order valence-electron chi connectivity index (χ2n) is 6.79. The smallest absolute Gasteiger partial charge is 0.227 e. The van der Waals surface area contributed by atoms with Gasteiger partial charge in [-0.15, -0.1) is 0 Å². The summed E-state index contributed by atoms with van der Waals surface area (Å²) in [6.07, 6.45) is 8.31. The molecule has 0 fully saturated rings. The average molecular weight is 352 g/mol. The fourth-order valence-corrected chi connectivity index (χ4v) is 3.86. The van der Waals surface area contributed by atoms with Crippen LogP contribution in [0.25, 0.3) is 16.9 Å². The first kappa shape index (κ1) is 16.4. The van der Waals surface area contributed by atoms with Crippen LogP contribution in [0.15, 0.2) is 54.7 Å². The van der Waals surface area contributed by atoms with E-state index in [1.807, 2.05) is 12.1 Å². The highest BCUT2D eigenvalue weighted by atomic mass is 35.5. The molecule has 2 heterocycles. The highest BCUT2D eigenvalue weighted by molar-refractivity contribution is 6.30. The Morgan fingerprint density at radius 3 is 2.44 bits per heavy atom. The fraction of sp³-hybridized carbons (Fsp3) is 0.318. The topological polar surface area (TPSA) is 8.81 Å². The zero-order valence-electron chi connectivity index (χ0n) is 14.7. The molecule has 0 radical (unpaired) electrons. The minimum atomic E-state index is 0.782. The van der Waals surface area contributed by atoms with Crippen LogP contribution in [0.5, 0.6) is 0 Å². The molecular formula is C22H24ClN2+. The van der Waals surface area contributed by atoms with Crippen LogP contribution in [-0.2, 0) is 19.4 Å². The standard InChI is InChI=1S/C22H24ClN2/c1-2-17-7-9-18(10-8-17)21-16-25(20-13-11-19(23)12-14-20)22-6-4-3-5-15-24(21)22/h7-14,16H,2-6,15H2,1H3/q+1. The summed E-state index contributed by atoms with van der Waals surface area (Å²) in [5.74, 6) is 1.40. The molecule has 2 nitrogen and oxygen atoms in total. The summed E-state index contributed by atoms with van der Waals surface area (Å²) < 4.78 is 4.87. The molecule has 0 N–H and O–H groups in total. The van der Waals surface area contributed by atoms with Crippen molar-refractivity contribution in [2.45, 2.75) is 45.6 Å². The van der Waals surface area contributed by atoms with Gasteiger partial charge in [0.2, 0.25) is 0 Å². The number of rotatable bonds is 3. The summed E-state index contributed by atoms with van der Waals surface area (Å²) in [5.41, 5.74) is 5.19. The molecule has 3 aromatic rings. The molecule has 1 aliphatic rings. The number of hydrogen-bond donors (Lipinski definition) is 0. The Kier molecular flexibility index (Phi) is 4.63. The monoisotopic (exact) mass is 351 g/mol. The molecule has 1 aliphatic heterocycles. The molecule has 0 bridgehead atoms. The van der Waals surface area contributed by atoms with Crippen molar-refractivity contribution < 1.29 is 4.57 Å². The van der Waals surface area contributed by atoms with Gasteiger partial charge in [0.15, 0.2) is 5.69 Å². The number of aromatic nitrogens is 2. The summed E-state index contributed by atoms with van der Waals surface area (Å²) in [7, 11) is 0. The van der Waals surface area contributed by atoms with Crippen molar-refractivity contribution in [3.05, 3.63) is 71.1 Å². The Bertz CT molecular complexity index is 860. The van der Waals surface area contributed by atoms with E-state index in [-0.39, 0.29) is 0 Å². The number of fused-ring (bicyclic) bond motifs is 1. The number of halogens is 1. The second-order valence-corrected chi connectivity index (χ2v) is 7.23. The molecule has 0 unspecified atom stereocenters. The van der Waals surface area contributed by atoms with E-state index in [1.54, 1.807) is 0 Å². The summed E-state index contributed by atoms with van der Waals surface area (Å²) >= 11 is 6.08. The summed E-state index contributed by atoms with van der Waals surface area (Å²) in [4.78, 5) is 0. The SMILES string of the molecule is CCc1ccc(-c2cn(-c3ccc(Cl)cc3)c3[n+]2CCCCC3)cc1. The number of imidazole rings is 1. The van der Waals surface area contributed by atoms with Gasteiger partial charge in [0.05, 0.1) is 6.54 Å². The molecule has 0 aliphatic carbocycles. The predicted octanol–water partition coefficient (Wildman–Crippen LogP) is 5.37. The van der Waals surface area contributed by atoms with Crippen LogP contribution >= 0.6 is 11.6 Å². The van der Waals surface area contributed by atoms with Crippen LogP contribution < -0.4 is 4.57 Å². The molecule has 25 heavy (non-hydrogen) atoms. The largest absolute Gasteiger partial charge is 0.262 e. The van der Waals surface area contributed by atoms with Crippen molar-refractivity contribution in [1.29, 1.82) is 0 Å². The van der Waals surface area contributed by atoms with Gasteiger partial charge >= 0.3 is 0 Å². The van der Waals surface area contributed by atoms with E-state index in [9.17, 15) is 0 Å². The van der Waals surface area contributed by atoms with E-state index in [2.05, 4.69) is 58.7 Å². The third kappa shape index (κ3) is 3.23. The van der Waals surface area contributed by atoms with Gasteiger partial charge in [0.1, 0.15) is 11.9 Å². The van der Waals surface area contributed by atoms with Gasteiger partial charge in [-0.05, 0) is 55.5 Å². The Morgan fingerprint density at radius 1 is 0.960 bits per heavy atom. The van der Waals surface area contributed by atoms with Crippen molar-refractivity contribution in [3.63, 3.8) is 0 Å². The van der Waals surface area contributed by atoms with E-state index in [1.165, 1.54) is 47.6 Å². The Hall–Kier alpha value is -2.06. The minimum absolute atomic E-state index is 0.782. The Labute approximate surface area is 154 Å². The number of benzene rings is 2. The summed E-state index contributed by atoms with van der Waals surface area (Å²) in [5, 5.41) is 0.782. The van der Waals surface area contributed by atoms with Crippen LogP contribution in [-0.4, -0.2) is 4.57 Å². The summed E-state index contributed by atoms with van der Waals surface area (Å²) in [6, 6.07) is 17.2. The quantitative estimate of drug-likeness (QED) is 0.560. The van der Waals surface area contributed by atoms with Gasteiger partial charge in [0, 0.05) is 17.0 Å². The molecule has 0 spiro atoms. The number of hydrogen-bond acceptors (Lipinski definition) is 0. The zero-order chi connectivity index (χ0) is 17.2. The van der Waals surface area contributed by atoms with Gasteiger partial charge in [-0.25, -0.2) is 4.57 Å². The number of aryl methyl sites for hydroxylation is 1. The van der Waals surface area contributed by atoms with Crippen molar-refractivity contribution in [2.24, 2.45) is 0 Å². The molecule has 3 heteroatoms. The van der Waals surface area contributed by atoms with E-state index in [0.29, 0.717) is 0 Å². The molecule has 0 saturated heterocycles. The van der Waals surface area contributed by atoms with Gasteiger partial charge < -0.3 is 0 Å². The van der Waals surface area contributed by atoms with Crippen molar-refractivity contribution in [3.8, 4) is 16.9 Å². The lowest BCUT2D eigenvalue weighted by Crippen LogP contribution is -2.38. The molecule has 1 aromatic heterocycles. The van der Waals surface area contributed by atoms with Crippen molar-refractivity contribution >= 4 is 11.6 Å². The maximum Gasteiger partial charge on any atom is 0.262 e. The summed E-state index contributed by atoms with van der Waals surface area (Å²) in [6.45, 7) is 3.30. The Balaban J connectivity index is 1.85. The molecule has 128 valence electrons. The lowest BCUT2D eigenvalue weighted by molar-refractivity contribution is -0.692. The first-order valence-corrected chi connectivity index (χ1v) is 9.63. The van der Waals surface area contributed by atoms with E-state index < -0.39 is 0 Å². The minimum Gasteiger partial charge on any atom is -0.227 e. The van der Waals surface area contributed by atoms with E-state index in [4.69, 9.17) is 11.6 Å². The van der Waals surface area contributed by atoms with Crippen molar-refractivity contribution in [2.75, 3.05) is 0 Å². The Morgan fingerprint density at radius 2 is 1.72 bits per heavy atom. The average Bonchev–Trinajstić information content (AvgIpc) is 2.84. The fourth-order valence-electron chi connectivity index (χ4n) is 3.74. The molecule has 0 amide bonds. The van der Waals surface area contributed by atoms with Gasteiger partial charge in [-0.1, -0.05) is 42.8 Å². The maximum absolute atomic E-state index is 6.08. The number of nitrogens with zero attached hydrogens (tertiary/aromatic N) is 2. The lowest BCUT2D eigenvalue weighted by Gasteiger charge is -2.03. The maximum atomic E-state index is 6.08. The third-order valence-corrected chi connectivity index (χ3v) is 5.43. The van der Waals surface area contributed by atoms with Gasteiger partial charge in [-0.3, -0.25) is 0 Å². The van der Waals surface area contributed by atoms with Crippen LogP contribution in [0.3, 0.4) is 0 Å². The lowest BCUT2D eigenvalue weighted by atomic mass is 10.1. The highest BCUT2D eigenvalue weighted by Crippen LogP contribution is 2.24. The first-order chi connectivity index (χ1) is 12.3. The van der Waals surface area contributed by atoms with Crippen LogP contribution in [0, 0.1) is 0 Å². The van der Waals surface area contributed by atoms with Crippen LogP contribution in [0.1, 0.15) is 37.6 Å². The van der Waals surface area contributed by atoms with Crippen LogP contribution in [0.4, 0.5) is 0 Å². The molecular weight excluding hydrogens is 328 g/mol. The second kappa shape index (κ2) is 7.05. The molecule has 0 atom stereocenters. The molecule has 0 saturated carbocycles. The normalized spacial score (nSPS) is 14.2. The van der Waals surface area contributed by atoms with Gasteiger partial charge in [0.25, 0.3) is 5.82 Å². The van der Waals surface area contributed by atoms with E-state index >= 15 is 0 Å².